The molecule has 1 fully saturated rings. The summed E-state index contributed by atoms with van der Waals surface area (Å²) in [6, 6.07) is 33.6. The number of likely N-dealkylation sites (N-methyl/N-ethyl adjacent to an activating group) is 1. The van der Waals surface area contributed by atoms with Crippen LogP contribution in [0, 0.1) is 0 Å². The van der Waals surface area contributed by atoms with Gasteiger partial charge in [-0.25, -0.2) is 0 Å². The Morgan fingerprint density at radius 2 is 1.44 bits per heavy atom. The van der Waals surface area contributed by atoms with Gasteiger partial charge in [-0.15, -0.1) is 0 Å². The van der Waals surface area contributed by atoms with Crippen molar-refractivity contribution in [3.63, 3.8) is 0 Å². The average molecular weight is 517 g/mol. The van der Waals surface area contributed by atoms with Crippen LogP contribution in [0.2, 0.25) is 0 Å². The third-order valence-electron chi connectivity index (χ3n) is 7.89. The SMILES string of the molecule is CN(C)C1C[C@@H]2CN(C(=O)c3ccc(NC(=O)c4ccccc4-c4ccccc4)cc3)c3ccccc3N2C1. The van der Waals surface area contributed by atoms with Crippen LogP contribution in [0.1, 0.15) is 27.1 Å². The summed E-state index contributed by atoms with van der Waals surface area (Å²) in [5.41, 5.74) is 5.79. The summed E-state index contributed by atoms with van der Waals surface area (Å²) in [6.45, 7) is 1.63. The molecule has 4 aromatic carbocycles. The van der Waals surface area contributed by atoms with Crippen LogP contribution in [0.5, 0.6) is 0 Å². The van der Waals surface area contributed by atoms with E-state index < -0.39 is 0 Å². The molecule has 1 saturated heterocycles. The van der Waals surface area contributed by atoms with Crippen LogP contribution >= 0.6 is 0 Å². The zero-order valence-corrected chi connectivity index (χ0v) is 22.2. The van der Waals surface area contributed by atoms with Crippen molar-refractivity contribution in [1.82, 2.24) is 4.90 Å². The number of hydrogen-bond donors (Lipinski definition) is 1. The van der Waals surface area contributed by atoms with E-state index in [4.69, 9.17) is 0 Å². The van der Waals surface area contributed by atoms with Crippen LogP contribution < -0.4 is 15.1 Å². The second-order valence-electron chi connectivity index (χ2n) is 10.5. The Balaban J connectivity index is 1.20. The van der Waals surface area contributed by atoms with Crippen LogP contribution in [0.4, 0.5) is 17.1 Å². The summed E-state index contributed by atoms with van der Waals surface area (Å²) in [7, 11) is 4.25. The standard InChI is InChI=1S/C33H32N4O2/c1-35(2)26-20-27-22-37(31-15-9-8-14-30(31)36(27)21-26)33(39)24-16-18-25(19-17-24)34-32(38)29-13-7-6-12-28(29)23-10-4-3-5-11-23/h3-19,26-27H,20-22H2,1-2H3,(H,34,38)/t26?,27-/m1/s1. The van der Waals surface area contributed by atoms with Crippen molar-refractivity contribution in [2.45, 2.75) is 18.5 Å². The van der Waals surface area contributed by atoms with E-state index in [1.165, 1.54) is 0 Å². The molecule has 1 unspecified atom stereocenters. The largest absolute Gasteiger partial charge is 0.363 e. The lowest BCUT2D eigenvalue weighted by atomic mass is 9.99. The van der Waals surface area contributed by atoms with Gasteiger partial charge in [0.05, 0.1) is 11.4 Å². The molecule has 6 nitrogen and oxygen atoms in total. The van der Waals surface area contributed by atoms with Gasteiger partial charge in [0.2, 0.25) is 0 Å². The monoisotopic (exact) mass is 516 g/mol. The van der Waals surface area contributed by atoms with Crippen molar-refractivity contribution in [3.05, 3.63) is 114 Å². The van der Waals surface area contributed by atoms with E-state index in [-0.39, 0.29) is 11.8 Å². The number of carbonyl (C=O) groups excluding carboxylic acids is 2. The predicted octanol–water partition coefficient (Wildman–Crippen LogP) is 5.78. The van der Waals surface area contributed by atoms with Crippen LogP contribution in [-0.2, 0) is 0 Å². The minimum Gasteiger partial charge on any atom is -0.363 e. The highest BCUT2D eigenvalue weighted by Gasteiger charge is 2.40. The lowest BCUT2D eigenvalue weighted by molar-refractivity contribution is 0.0983. The van der Waals surface area contributed by atoms with Crippen molar-refractivity contribution in [1.29, 1.82) is 0 Å². The molecule has 0 aromatic heterocycles. The van der Waals surface area contributed by atoms with Gasteiger partial charge in [0.1, 0.15) is 0 Å². The molecule has 2 aliphatic heterocycles. The van der Waals surface area contributed by atoms with Gasteiger partial charge in [0.15, 0.2) is 0 Å². The van der Waals surface area contributed by atoms with E-state index in [1.807, 2.05) is 77.7 Å². The maximum Gasteiger partial charge on any atom is 0.258 e. The number of hydrogen-bond acceptors (Lipinski definition) is 4. The highest BCUT2D eigenvalue weighted by atomic mass is 16.2. The van der Waals surface area contributed by atoms with Gasteiger partial charge < -0.3 is 20.0 Å². The molecule has 2 atom stereocenters. The first-order valence-corrected chi connectivity index (χ1v) is 13.4. The van der Waals surface area contributed by atoms with E-state index in [0.29, 0.717) is 35.4 Å². The quantitative estimate of drug-likeness (QED) is 0.366. The first kappa shape index (κ1) is 24.9. The molecule has 2 heterocycles. The molecule has 2 aliphatic rings. The van der Waals surface area contributed by atoms with Crippen molar-refractivity contribution >= 4 is 28.9 Å². The summed E-state index contributed by atoms with van der Waals surface area (Å²) in [4.78, 5) is 33.6. The molecular formula is C33H32N4O2. The Morgan fingerprint density at radius 3 is 2.18 bits per heavy atom. The van der Waals surface area contributed by atoms with E-state index in [0.717, 1.165) is 35.5 Å². The maximum atomic E-state index is 13.7. The number of rotatable bonds is 5. The van der Waals surface area contributed by atoms with E-state index in [2.05, 4.69) is 35.3 Å². The number of nitrogens with one attached hydrogen (secondary N) is 1. The summed E-state index contributed by atoms with van der Waals surface area (Å²) in [5, 5.41) is 3.00. The summed E-state index contributed by atoms with van der Waals surface area (Å²) in [5.74, 6) is -0.210. The molecule has 39 heavy (non-hydrogen) atoms. The molecule has 4 aromatic rings. The first-order valence-electron chi connectivity index (χ1n) is 13.4. The fourth-order valence-electron chi connectivity index (χ4n) is 5.77. The molecule has 0 radical (unpaired) electrons. The molecule has 2 amide bonds. The number of carbonyl (C=O) groups is 2. The van der Waals surface area contributed by atoms with Crippen LogP contribution in [-0.4, -0.2) is 56.0 Å². The summed E-state index contributed by atoms with van der Waals surface area (Å²) < 4.78 is 0. The minimum absolute atomic E-state index is 0.0253. The molecule has 196 valence electrons. The number of nitrogens with zero attached hydrogens (tertiary/aromatic N) is 3. The van der Waals surface area contributed by atoms with Crippen molar-refractivity contribution < 1.29 is 9.59 Å². The fraction of sp³-hybridized carbons (Fsp3) is 0.212. The molecular weight excluding hydrogens is 484 g/mol. The third-order valence-corrected chi connectivity index (χ3v) is 7.89. The van der Waals surface area contributed by atoms with Crippen LogP contribution in [0.15, 0.2) is 103 Å². The predicted molar refractivity (Wildman–Crippen MR) is 158 cm³/mol. The molecule has 0 aliphatic carbocycles. The molecule has 1 N–H and O–H groups in total. The fourth-order valence-corrected chi connectivity index (χ4v) is 5.77. The lowest BCUT2D eigenvalue weighted by Crippen LogP contribution is -2.48. The lowest BCUT2D eigenvalue weighted by Gasteiger charge is -2.40. The smallest absolute Gasteiger partial charge is 0.258 e. The van der Waals surface area contributed by atoms with Gasteiger partial charge >= 0.3 is 0 Å². The normalized spacial score (nSPS) is 18.0. The van der Waals surface area contributed by atoms with E-state index in [9.17, 15) is 9.59 Å². The number of para-hydroxylation sites is 2. The second kappa shape index (κ2) is 10.4. The maximum absolute atomic E-state index is 13.7. The zero-order chi connectivity index (χ0) is 26.9. The molecule has 6 heteroatoms. The van der Waals surface area contributed by atoms with Crippen LogP contribution in [0.25, 0.3) is 11.1 Å². The van der Waals surface area contributed by atoms with Gasteiger partial charge in [-0.3, -0.25) is 9.59 Å². The first-order chi connectivity index (χ1) is 19.0. The van der Waals surface area contributed by atoms with E-state index >= 15 is 0 Å². The Hall–Kier alpha value is -4.42. The summed E-state index contributed by atoms with van der Waals surface area (Å²) in [6.07, 6.45) is 1.03. The molecule has 0 spiro atoms. The van der Waals surface area contributed by atoms with Gasteiger partial charge in [-0.2, -0.15) is 0 Å². The Morgan fingerprint density at radius 1 is 0.769 bits per heavy atom. The van der Waals surface area contributed by atoms with Gasteiger partial charge in [0.25, 0.3) is 11.8 Å². The number of amides is 2. The number of benzene rings is 4. The van der Waals surface area contributed by atoms with Crippen LogP contribution in [0.3, 0.4) is 0 Å². The Kier molecular flexibility index (Phi) is 6.63. The summed E-state index contributed by atoms with van der Waals surface area (Å²) >= 11 is 0. The highest BCUT2D eigenvalue weighted by Crippen LogP contribution is 2.40. The van der Waals surface area contributed by atoms with Crippen molar-refractivity contribution in [3.8, 4) is 11.1 Å². The molecule has 0 saturated carbocycles. The number of anilines is 3. The van der Waals surface area contributed by atoms with Crippen molar-refractivity contribution in [2.24, 2.45) is 0 Å². The third kappa shape index (κ3) is 4.79. The van der Waals surface area contributed by atoms with Crippen molar-refractivity contribution in [2.75, 3.05) is 42.3 Å². The minimum atomic E-state index is -0.185. The average Bonchev–Trinajstić information content (AvgIpc) is 3.42. The zero-order valence-electron chi connectivity index (χ0n) is 22.2. The number of fused-ring (bicyclic) bond motifs is 3. The molecule has 6 rings (SSSR count). The highest BCUT2D eigenvalue weighted by molar-refractivity contribution is 6.10. The molecule has 0 bridgehead atoms. The van der Waals surface area contributed by atoms with Gasteiger partial charge in [-0.1, -0.05) is 60.7 Å². The second-order valence-corrected chi connectivity index (χ2v) is 10.5. The van der Waals surface area contributed by atoms with Gasteiger partial charge in [0, 0.05) is 42.0 Å². The Bertz CT molecular complexity index is 1500. The topological polar surface area (TPSA) is 55.9 Å². The van der Waals surface area contributed by atoms with Gasteiger partial charge in [-0.05, 0) is 74.1 Å². The Labute approximate surface area is 229 Å². The van der Waals surface area contributed by atoms with E-state index in [1.54, 1.807) is 24.3 Å².